The van der Waals surface area contributed by atoms with Crippen LogP contribution in [0, 0.1) is 5.92 Å². The Morgan fingerprint density at radius 1 is 1.24 bits per heavy atom. The average Bonchev–Trinajstić information content (AvgIpc) is 2.49. The van der Waals surface area contributed by atoms with Crippen molar-refractivity contribution in [3.05, 3.63) is 24.3 Å². The van der Waals surface area contributed by atoms with Crippen LogP contribution in [0.1, 0.15) is 39.0 Å². The van der Waals surface area contributed by atoms with Gasteiger partial charge in [0.2, 0.25) is 5.91 Å². The van der Waals surface area contributed by atoms with Crippen molar-refractivity contribution in [2.75, 3.05) is 29.2 Å². The molecule has 1 aliphatic rings. The van der Waals surface area contributed by atoms with E-state index in [-0.39, 0.29) is 5.91 Å². The number of hydrogen-bond acceptors (Lipinski definition) is 2. The largest absolute Gasteiger partial charge is 0.372 e. The number of carbonyl (C=O) groups excluding carboxylic acids is 1. The molecular weight excluding hydrogens is 284 g/mol. The lowest BCUT2D eigenvalue weighted by Crippen LogP contribution is -2.32. The molecule has 0 unspecified atom stereocenters. The van der Waals surface area contributed by atoms with Gasteiger partial charge in [0, 0.05) is 36.8 Å². The van der Waals surface area contributed by atoms with Gasteiger partial charge in [0.15, 0.2) is 0 Å². The summed E-state index contributed by atoms with van der Waals surface area (Å²) in [7, 11) is 0. The highest BCUT2D eigenvalue weighted by Crippen LogP contribution is 2.24. The second kappa shape index (κ2) is 8.28. The zero-order valence-electron chi connectivity index (χ0n) is 12.8. The summed E-state index contributed by atoms with van der Waals surface area (Å²) in [6.45, 7) is 4.58. The van der Waals surface area contributed by atoms with Gasteiger partial charge in [-0.2, -0.15) is 0 Å². The molecule has 0 aromatic heterocycles. The molecule has 3 nitrogen and oxygen atoms in total. The van der Waals surface area contributed by atoms with E-state index in [9.17, 15) is 4.79 Å². The molecule has 1 saturated heterocycles. The monoisotopic (exact) mass is 308 g/mol. The van der Waals surface area contributed by atoms with E-state index in [1.165, 1.54) is 18.5 Å². The molecule has 0 saturated carbocycles. The van der Waals surface area contributed by atoms with Crippen LogP contribution in [0.25, 0.3) is 0 Å². The summed E-state index contributed by atoms with van der Waals surface area (Å²) in [6.07, 6.45) is 4.80. The lowest BCUT2D eigenvalue weighted by molar-refractivity contribution is -0.116. The number of amides is 1. The van der Waals surface area contributed by atoms with E-state index < -0.39 is 0 Å². The Labute approximate surface area is 132 Å². The number of benzene rings is 1. The normalized spacial score (nSPS) is 16.0. The highest BCUT2D eigenvalue weighted by molar-refractivity contribution is 6.17. The van der Waals surface area contributed by atoms with E-state index in [0.717, 1.165) is 37.5 Å². The molecule has 0 aliphatic carbocycles. The van der Waals surface area contributed by atoms with Crippen molar-refractivity contribution in [2.24, 2.45) is 5.92 Å². The maximum atomic E-state index is 11.7. The van der Waals surface area contributed by atoms with E-state index >= 15 is 0 Å². The van der Waals surface area contributed by atoms with Crippen molar-refractivity contribution < 1.29 is 4.79 Å². The van der Waals surface area contributed by atoms with Crippen molar-refractivity contribution in [3.8, 4) is 0 Å². The van der Waals surface area contributed by atoms with Gasteiger partial charge in [0.05, 0.1) is 0 Å². The van der Waals surface area contributed by atoms with Crippen LogP contribution in [0.4, 0.5) is 11.4 Å². The molecule has 116 valence electrons. The Morgan fingerprint density at radius 3 is 2.52 bits per heavy atom. The summed E-state index contributed by atoms with van der Waals surface area (Å²) < 4.78 is 0. The highest BCUT2D eigenvalue weighted by atomic mass is 35.5. The van der Waals surface area contributed by atoms with Crippen molar-refractivity contribution >= 4 is 28.9 Å². The maximum absolute atomic E-state index is 11.7. The third kappa shape index (κ3) is 5.24. The fraction of sp³-hybridized carbons (Fsp3) is 0.588. The lowest BCUT2D eigenvalue weighted by Gasteiger charge is -2.32. The molecule has 2 rings (SSSR count). The van der Waals surface area contributed by atoms with E-state index in [1.807, 2.05) is 12.1 Å². The van der Waals surface area contributed by atoms with Crippen LogP contribution in [0.5, 0.6) is 0 Å². The van der Waals surface area contributed by atoms with Crippen molar-refractivity contribution in [1.29, 1.82) is 0 Å². The first kappa shape index (κ1) is 16.2. The van der Waals surface area contributed by atoms with Gasteiger partial charge in [-0.1, -0.05) is 6.92 Å². The van der Waals surface area contributed by atoms with Crippen LogP contribution in [-0.2, 0) is 4.79 Å². The Morgan fingerprint density at radius 2 is 1.90 bits per heavy atom. The van der Waals surface area contributed by atoms with E-state index in [4.69, 9.17) is 11.6 Å². The van der Waals surface area contributed by atoms with Crippen molar-refractivity contribution in [3.63, 3.8) is 0 Å². The molecule has 4 heteroatoms. The van der Waals surface area contributed by atoms with Crippen LogP contribution in [0.15, 0.2) is 24.3 Å². The topological polar surface area (TPSA) is 32.3 Å². The Bertz CT molecular complexity index is 439. The van der Waals surface area contributed by atoms with Crippen LogP contribution < -0.4 is 10.2 Å². The second-order valence-corrected chi connectivity index (χ2v) is 6.29. The fourth-order valence-corrected chi connectivity index (χ4v) is 2.81. The zero-order valence-corrected chi connectivity index (χ0v) is 13.5. The van der Waals surface area contributed by atoms with Crippen molar-refractivity contribution in [1.82, 2.24) is 0 Å². The van der Waals surface area contributed by atoms with E-state index in [1.54, 1.807) is 0 Å². The minimum Gasteiger partial charge on any atom is -0.372 e. The third-order valence-corrected chi connectivity index (χ3v) is 4.35. The number of nitrogens with zero attached hydrogens (tertiary/aromatic N) is 1. The quantitative estimate of drug-likeness (QED) is 0.628. The third-order valence-electron chi connectivity index (χ3n) is 4.09. The molecule has 1 fully saturated rings. The van der Waals surface area contributed by atoms with Gasteiger partial charge < -0.3 is 10.2 Å². The predicted molar refractivity (Wildman–Crippen MR) is 90.3 cm³/mol. The predicted octanol–water partition coefficient (Wildman–Crippen LogP) is 4.27. The van der Waals surface area contributed by atoms with Gasteiger partial charge in [0.1, 0.15) is 0 Å². The highest BCUT2D eigenvalue weighted by Gasteiger charge is 2.15. The number of halogens is 1. The number of carbonyl (C=O) groups is 1. The average molecular weight is 309 g/mol. The fourth-order valence-electron chi connectivity index (χ4n) is 2.63. The minimum absolute atomic E-state index is 0.0691. The Balaban J connectivity index is 1.83. The van der Waals surface area contributed by atoms with Gasteiger partial charge >= 0.3 is 0 Å². The summed E-state index contributed by atoms with van der Waals surface area (Å²) in [6, 6.07) is 8.19. The van der Waals surface area contributed by atoms with Crippen LogP contribution in [-0.4, -0.2) is 24.9 Å². The van der Waals surface area contributed by atoms with Gasteiger partial charge in [-0.25, -0.2) is 0 Å². The van der Waals surface area contributed by atoms with Gasteiger partial charge in [-0.3, -0.25) is 4.79 Å². The number of hydrogen-bond donors (Lipinski definition) is 1. The minimum atomic E-state index is 0.0691. The summed E-state index contributed by atoms with van der Waals surface area (Å²) in [5.74, 6) is 1.53. The summed E-state index contributed by atoms with van der Waals surface area (Å²) in [5, 5.41) is 2.94. The second-order valence-electron chi connectivity index (χ2n) is 5.91. The van der Waals surface area contributed by atoms with Gasteiger partial charge in [-0.15, -0.1) is 11.6 Å². The van der Waals surface area contributed by atoms with E-state index in [0.29, 0.717) is 12.3 Å². The van der Waals surface area contributed by atoms with Crippen LogP contribution in [0.2, 0.25) is 0 Å². The Kier molecular flexibility index (Phi) is 6.37. The van der Waals surface area contributed by atoms with Crippen molar-refractivity contribution in [2.45, 2.75) is 39.0 Å². The molecule has 0 spiro atoms. The molecule has 1 N–H and O–H groups in total. The zero-order chi connectivity index (χ0) is 15.1. The summed E-state index contributed by atoms with van der Waals surface area (Å²) in [4.78, 5) is 14.2. The molecule has 1 amide bonds. The number of unbranched alkanes of at least 4 members (excludes halogenated alkanes) is 1. The number of anilines is 2. The lowest BCUT2D eigenvalue weighted by atomic mass is 9.99. The number of alkyl halides is 1. The first-order valence-electron chi connectivity index (χ1n) is 7.90. The molecule has 1 aromatic rings. The number of piperidine rings is 1. The van der Waals surface area contributed by atoms with Crippen LogP contribution in [0.3, 0.4) is 0 Å². The number of rotatable bonds is 6. The first-order valence-corrected chi connectivity index (χ1v) is 8.43. The van der Waals surface area contributed by atoms with Crippen LogP contribution >= 0.6 is 11.6 Å². The standard InChI is InChI=1S/C17H25ClN2O/c1-14-9-12-20(13-10-14)16-7-5-15(6-8-16)19-17(21)4-2-3-11-18/h5-8,14H,2-4,9-13H2,1H3,(H,19,21). The SMILES string of the molecule is CC1CCN(c2ccc(NC(=O)CCCCCl)cc2)CC1. The molecule has 1 heterocycles. The molecule has 0 radical (unpaired) electrons. The molecule has 1 aromatic carbocycles. The van der Waals surface area contributed by atoms with E-state index in [2.05, 4.69) is 29.3 Å². The molecular formula is C17H25ClN2O. The smallest absolute Gasteiger partial charge is 0.224 e. The molecule has 1 aliphatic heterocycles. The number of nitrogens with one attached hydrogen (secondary N) is 1. The first-order chi connectivity index (χ1) is 10.2. The molecule has 21 heavy (non-hydrogen) atoms. The molecule has 0 atom stereocenters. The van der Waals surface area contributed by atoms with Gasteiger partial charge in [-0.05, 0) is 55.9 Å². The molecule has 0 bridgehead atoms. The Hall–Kier alpha value is -1.22. The summed E-state index contributed by atoms with van der Waals surface area (Å²) in [5.41, 5.74) is 2.13. The maximum Gasteiger partial charge on any atom is 0.224 e. The van der Waals surface area contributed by atoms with Gasteiger partial charge in [0.25, 0.3) is 0 Å². The summed E-state index contributed by atoms with van der Waals surface area (Å²) >= 11 is 5.61.